The first-order valence-corrected chi connectivity index (χ1v) is 8.01. The monoisotopic (exact) mass is 286 g/mol. The van der Waals surface area contributed by atoms with Gasteiger partial charge >= 0.3 is 0 Å². The number of rotatable bonds is 3. The summed E-state index contributed by atoms with van der Waals surface area (Å²) in [6.45, 7) is 3.46. The molecule has 3 fully saturated rings. The molecular weight excluding hydrogens is 264 g/mol. The first-order valence-electron chi connectivity index (χ1n) is 8.01. The molecule has 3 aliphatic heterocycles. The minimum atomic E-state index is 0.0737. The third-order valence-electron chi connectivity index (χ3n) is 5.06. The molecule has 0 aromatic heterocycles. The van der Waals surface area contributed by atoms with E-state index in [1.54, 1.807) is 0 Å². The zero-order chi connectivity index (χ0) is 14.2. The van der Waals surface area contributed by atoms with Crippen LogP contribution >= 0.6 is 0 Å². The number of morpholine rings is 1. The summed E-state index contributed by atoms with van der Waals surface area (Å²) in [6.07, 6.45) is 3.46. The van der Waals surface area contributed by atoms with Crippen LogP contribution in [0.5, 0.6) is 0 Å². The lowest BCUT2D eigenvalue weighted by atomic mass is 10.1. The van der Waals surface area contributed by atoms with E-state index in [1.165, 1.54) is 5.56 Å². The van der Waals surface area contributed by atoms with Gasteiger partial charge in [0.1, 0.15) is 0 Å². The highest BCUT2D eigenvalue weighted by atomic mass is 16.5. The maximum Gasteiger partial charge on any atom is 0.240 e. The molecule has 4 nitrogen and oxygen atoms in total. The molecule has 2 bridgehead atoms. The maximum atomic E-state index is 12.9. The molecule has 0 spiro atoms. The molecule has 1 unspecified atom stereocenters. The average Bonchev–Trinajstić information content (AvgIpc) is 3.24. The smallest absolute Gasteiger partial charge is 0.240 e. The van der Waals surface area contributed by atoms with Gasteiger partial charge < -0.3 is 9.64 Å². The number of ether oxygens (including phenoxy) is 1. The van der Waals surface area contributed by atoms with Crippen molar-refractivity contribution in [3.8, 4) is 0 Å². The van der Waals surface area contributed by atoms with Crippen LogP contribution in [0.1, 0.15) is 24.8 Å². The van der Waals surface area contributed by atoms with Crippen molar-refractivity contribution in [3.63, 3.8) is 0 Å². The van der Waals surface area contributed by atoms with Gasteiger partial charge in [0.05, 0.1) is 24.8 Å². The van der Waals surface area contributed by atoms with Crippen LogP contribution < -0.4 is 0 Å². The van der Waals surface area contributed by atoms with E-state index in [9.17, 15) is 4.79 Å². The van der Waals surface area contributed by atoms with Crippen molar-refractivity contribution in [2.45, 2.75) is 44.0 Å². The Bertz CT molecular complexity index is 519. The van der Waals surface area contributed by atoms with Gasteiger partial charge in [-0.25, -0.2) is 0 Å². The Morgan fingerprint density at radius 1 is 1.29 bits per heavy atom. The van der Waals surface area contributed by atoms with E-state index in [4.69, 9.17) is 4.74 Å². The normalized spacial score (nSPS) is 32.0. The van der Waals surface area contributed by atoms with Crippen molar-refractivity contribution in [2.75, 3.05) is 19.7 Å². The zero-order valence-corrected chi connectivity index (χ0v) is 12.3. The molecule has 0 radical (unpaired) electrons. The van der Waals surface area contributed by atoms with Crippen LogP contribution in [0.2, 0.25) is 0 Å². The lowest BCUT2D eigenvalue weighted by Crippen LogP contribution is -2.50. The van der Waals surface area contributed by atoms with Gasteiger partial charge in [0, 0.05) is 13.1 Å². The lowest BCUT2D eigenvalue weighted by molar-refractivity contribution is -0.140. The largest absolute Gasteiger partial charge is 0.374 e. The zero-order valence-electron chi connectivity index (χ0n) is 12.3. The molecule has 3 aliphatic rings. The van der Waals surface area contributed by atoms with E-state index in [2.05, 4.69) is 34.1 Å². The number of hydrogen-bond acceptors (Lipinski definition) is 3. The van der Waals surface area contributed by atoms with Crippen LogP contribution in [0.25, 0.3) is 0 Å². The number of likely N-dealkylation sites (tertiary alicyclic amines) is 2. The second-order valence-corrected chi connectivity index (χ2v) is 6.45. The van der Waals surface area contributed by atoms with Gasteiger partial charge in [-0.15, -0.1) is 0 Å². The summed E-state index contributed by atoms with van der Waals surface area (Å²) in [7, 11) is 0. The highest BCUT2D eigenvalue weighted by Crippen LogP contribution is 2.31. The van der Waals surface area contributed by atoms with Crippen LogP contribution in [-0.4, -0.2) is 53.6 Å². The van der Waals surface area contributed by atoms with E-state index in [-0.39, 0.29) is 6.04 Å². The average molecular weight is 286 g/mol. The van der Waals surface area contributed by atoms with E-state index >= 15 is 0 Å². The van der Waals surface area contributed by atoms with Crippen LogP contribution in [0.4, 0.5) is 0 Å². The lowest BCUT2D eigenvalue weighted by Gasteiger charge is -2.32. The first kappa shape index (κ1) is 13.3. The number of carbonyl (C=O) groups is 1. The topological polar surface area (TPSA) is 32.8 Å². The summed E-state index contributed by atoms with van der Waals surface area (Å²) < 4.78 is 5.61. The van der Waals surface area contributed by atoms with Crippen molar-refractivity contribution in [2.24, 2.45) is 0 Å². The van der Waals surface area contributed by atoms with Crippen molar-refractivity contribution in [3.05, 3.63) is 35.9 Å². The van der Waals surface area contributed by atoms with Gasteiger partial charge in [0.25, 0.3) is 0 Å². The summed E-state index contributed by atoms with van der Waals surface area (Å²) in [5, 5.41) is 0. The van der Waals surface area contributed by atoms with Crippen LogP contribution in [0.15, 0.2) is 30.3 Å². The molecule has 0 N–H and O–H groups in total. The van der Waals surface area contributed by atoms with E-state index in [1.807, 2.05) is 6.07 Å². The fraction of sp³-hybridized carbons (Fsp3) is 0.588. The van der Waals surface area contributed by atoms with E-state index in [0.29, 0.717) is 18.1 Å². The standard InChI is InChI=1S/C17H22N2O2/c20-17(19-11-15-9-14(19)12-21-15)16-7-4-8-18(16)10-13-5-2-1-3-6-13/h1-3,5-6,14-16H,4,7-12H2/t14?,15-,16-/m0/s1. The van der Waals surface area contributed by atoms with Crippen LogP contribution in [0, 0.1) is 0 Å². The quantitative estimate of drug-likeness (QED) is 0.847. The third kappa shape index (κ3) is 2.47. The summed E-state index contributed by atoms with van der Waals surface area (Å²) in [4.78, 5) is 17.3. The Labute approximate surface area is 125 Å². The minimum absolute atomic E-state index is 0.0737. The molecule has 4 heteroatoms. The molecule has 3 atom stereocenters. The Balaban J connectivity index is 1.45. The van der Waals surface area contributed by atoms with Gasteiger partial charge in [-0.1, -0.05) is 30.3 Å². The molecule has 1 amide bonds. The Kier molecular flexibility index (Phi) is 3.43. The number of amides is 1. The summed E-state index contributed by atoms with van der Waals surface area (Å²) in [6, 6.07) is 10.9. The second-order valence-electron chi connectivity index (χ2n) is 6.45. The predicted octanol–water partition coefficient (Wildman–Crippen LogP) is 1.65. The van der Waals surface area contributed by atoms with Gasteiger partial charge in [-0.05, 0) is 31.4 Å². The molecule has 112 valence electrons. The predicted molar refractivity (Wildman–Crippen MR) is 79.7 cm³/mol. The van der Waals surface area contributed by atoms with E-state index < -0.39 is 0 Å². The molecule has 4 rings (SSSR count). The van der Waals surface area contributed by atoms with Gasteiger partial charge in [-0.3, -0.25) is 9.69 Å². The Morgan fingerprint density at radius 3 is 2.86 bits per heavy atom. The fourth-order valence-electron chi connectivity index (χ4n) is 3.97. The molecular formula is C17H22N2O2. The minimum Gasteiger partial charge on any atom is -0.374 e. The third-order valence-corrected chi connectivity index (χ3v) is 5.06. The maximum absolute atomic E-state index is 12.9. The molecule has 3 saturated heterocycles. The van der Waals surface area contributed by atoms with Crippen molar-refractivity contribution in [1.29, 1.82) is 0 Å². The molecule has 21 heavy (non-hydrogen) atoms. The number of nitrogens with zero attached hydrogens (tertiary/aromatic N) is 2. The van der Waals surface area contributed by atoms with Crippen LogP contribution in [-0.2, 0) is 16.1 Å². The van der Waals surface area contributed by atoms with Gasteiger partial charge in [0.2, 0.25) is 5.91 Å². The summed E-state index contributed by atoms with van der Waals surface area (Å²) in [5.74, 6) is 0.333. The number of fused-ring (bicyclic) bond motifs is 2. The Hall–Kier alpha value is -1.39. The molecule has 3 heterocycles. The van der Waals surface area contributed by atoms with E-state index in [0.717, 1.165) is 45.5 Å². The number of carbonyl (C=O) groups excluding carboxylic acids is 1. The van der Waals surface area contributed by atoms with Crippen molar-refractivity contribution < 1.29 is 9.53 Å². The van der Waals surface area contributed by atoms with Crippen LogP contribution in [0.3, 0.4) is 0 Å². The van der Waals surface area contributed by atoms with Gasteiger partial charge in [0.15, 0.2) is 0 Å². The second kappa shape index (κ2) is 5.43. The SMILES string of the molecule is O=C([C@@H]1CCCN1Cc1ccccc1)N1C[C@@H]2CC1CO2. The number of benzene rings is 1. The molecule has 0 aliphatic carbocycles. The number of hydrogen-bond donors (Lipinski definition) is 0. The molecule has 0 saturated carbocycles. The highest BCUT2D eigenvalue weighted by molar-refractivity contribution is 5.83. The summed E-state index contributed by atoms with van der Waals surface area (Å²) in [5.41, 5.74) is 1.29. The fourth-order valence-corrected chi connectivity index (χ4v) is 3.97. The van der Waals surface area contributed by atoms with Crippen molar-refractivity contribution >= 4 is 5.91 Å². The molecule has 1 aromatic carbocycles. The van der Waals surface area contributed by atoms with Gasteiger partial charge in [-0.2, -0.15) is 0 Å². The van der Waals surface area contributed by atoms with Crippen molar-refractivity contribution in [1.82, 2.24) is 9.80 Å². The first-order chi connectivity index (χ1) is 10.3. The highest BCUT2D eigenvalue weighted by Gasteiger charge is 2.44. The Morgan fingerprint density at radius 2 is 2.14 bits per heavy atom. The molecule has 1 aromatic rings. The summed E-state index contributed by atoms with van der Waals surface area (Å²) >= 11 is 0.